The van der Waals surface area contributed by atoms with Gasteiger partial charge in [0.2, 0.25) is 5.69 Å². The number of hydrogen-bond donors (Lipinski definition) is 0. The molecule has 0 bridgehead atoms. The lowest BCUT2D eigenvalue weighted by atomic mass is 10.1. The van der Waals surface area contributed by atoms with Crippen molar-refractivity contribution in [3.05, 3.63) is 108 Å². The van der Waals surface area contributed by atoms with E-state index in [-0.39, 0.29) is 0 Å². The molecule has 0 unspecified atom stereocenters. The summed E-state index contributed by atoms with van der Waals surface area (Å²) in [4.78, 5) is 1.27. The number of hydrogen-bond acceptors (Lipinski definition) is 1. The molecule has 1 nitrogen and oxygen atoms in total. The zero-order valence-electron chi connectivity index (χ0n) is 14.7. The number of nitrogens with zero attached hydrogens (tertiary/aromatic N) is 1. The molecule has 2 heteroatoms. The van der Waals surface area contributed by atoms with Crippen molar-refractivity contribution in [1.82, 2.24) is 4.58 Å². The van der Waals surface area contributed by atoms with E-state index in [1.54, 1.807) is 0 Å². The maximum absolute atomic E-state index is 2.29. The second-order valence-corrected chi connectivity index (χ2v) is 7.24. The van der Waals surface area contributed by atoms with E-state index in [4.69, 9.17) is 0 Å². The first-order valence-electron chi connectivity index (χ1n) is 8.69. The molecule has 0 aliphatic rings. The summed E-state index contributed by atoms with van der Waals surface area (Å²) in [6, 6.07) is 36.2. The predicted octanol–water partition coefficient (Wildman–Crippen LogP) is 5.82. The van der Waals surface area contributed by atoms with Crippen molar-refractivity contribution in [2.45, 2.75) is 0 Å². The summed E-state index contributed by atoms with van der Waals surface area (Å²) in [5.41, 5.74) is 4.91. The van der Waals surface area contributed by atoms with Gasteiger partial charge in [0.1, 0.15) is 7.05 Å². The van der Waals surface area contributed by atoms with Crippen molar-refractivity contribution in [2.75, 3.05) is 7.05 Å². The first-order chi connectivity index (χ1) is 12.8. The Kier molecular flexibility index (Phi) is 4.76. The van der Waals surface area contributed by atoms with Crippen LogP contribution in [0.5, 0.6) is 0 Å². The zero-order valence-corrected chi connectivity index (χ0v) is 15.5. The molecule has 4 rings (SSSR count). The Morgan fingerprint density at radius 1 is 0.577 bits per heavy atom. The normalized spacial score (nSPS) is 11.9. The maximum Gasteiger partial charge on any atom is 0.262 e. The van der Waals surface area contributed by atoms with Gasteiger partial charge >= 0.3 is 0 Å². The minimum absolute atomic E-state index is 1.19. The Balaban J connectivity index is 1.97. The average Bonchev–Trinajstić information content (AvgIpc) is 2.75. The third kappa shape index (κ3) is 3.51. The standard InChI is InChI=1S/C24H20NS/c1-25(22-15-9-4-10-16-22)24-18-21(19-11-5-2-6-12-19)17-23(26-24)20-13-7-3-8-14-20/h2-18H,1H3/q+1. The number of para-hydroxylation sites is 1. The van der Waals surface area contributed by atoms with Crippen molar-refractivity contribution < 1.29 is 0 Å². The minimum atomic E-state index is 1.19. The van der Waals surface area contributed by atoms with Crippen LogP contribution in [0, 0.1) is 0 Å². The Morgan fingerprint density at radius 2 is 1.12 bits per heavy atom. The van der Waals surface area contributed by atoms with E-state index in [0.717, 1.165) is 0 Å². The van der Waals surface area contributed by atoms with Crippen LogP contribution in [0.2, 0.25) is 0 Å². The van der Waals surface area contributed by atoms with Gasteiger partial charge in [0.15, 0.2) is 0 Å². The molecule has 0 radical (unpaired) electrons. The van der Waals surface area contributed by atoms with E-state index >= 15 is 0 Å². The van der Waals surface area contributed by atoms with Crippen LogP contribution in [0.1, 0.15) is 0 Å². The Bertz CT molecular complexity index is 1000. The van der Waals surface area contributed by atoms with E-state index in [1.165, 1.54) is 31.9 Å². The smallest absolute Gasteiger partial charge is 0.186 e. The van der Waals surface area contributed by atoms with Crippen LogP contribution in [0.3, 0.4) is 0 Å². The van der Waals surface area contributed by atoms with Gasteiger partial charge in [-0.25, -0.2) is 0 Å². The number of benzene rings is 3. The maximum atomic E-state index is 2.29. The summed E-state index contributed by atoms with van der Waals surface area (Å²) in [6.07, 6.45) is 0. The molecular formula is C24H20NS+. The third-order valence-electron chi connectivity index (χ3n) is 4.42. The lowest BCUT2D eigenvalue weighted by molar-refractivity contribution is 0.914. The lowest BCUT2D eigenvalue weighted by Crippen LogP contribution is -2.19. The van der Waals surface area contributed by atoms with Gasteiger partial charge in [-0.15, -0.1) is 0 Å². The molecule has 26 heavy (non-hydrogen) atoms. The Morgan fingerprint density at radius 3 is 1.73 bits per heavy atom. The second kappa shape index (κ2) is 7.51. The average molecular weight is 354 g/mol. The van der Waals surface area contributed by atoms with E-state index in [9.17, 15) is 0 Å². The van der Waals surface area contributed by atoms with Crippen LogP contribution in [0.4, 0.5) is 5.69 Å². The molecule has 0 spiro atoms. The van der Waals surface area contributed by atoms with E-state index in [0.29, 0.717) is 0 Å². The van der Waals surface area contributed by atoms with Crippen LogP contribution in [-0.4, -0.2) is 7.05 Å². The van der Waals surface area contributed by atoms with Gasteiger partial charge in [-0.3, -0.25) is 0 Å². The fraction of sp³-hybridized carbons (Fsp3) is 0.0417. The SMILES string of the molecule is C[N+](c1ccccc1)=c1cc(-c2ccccc2)cc(-c2ccccc2)s1. The molecule has 0 saturated carbocycles. The van der Waals surface area contributed by atoms with Crippen LogP contribution in [0.25, 0.3) is 21.6 Å². The van der Waals surface area contributed by atoms with Crippen LogP contribution < -0.4 is 9.25 Å². The first kappa shape index (κ1) is 16.5. The lowest BCUT2D eigenvalue weighted by Gasteiger charge is -2.06. The molecule has 1 heterocycles. The van der Waals surface area contributed by atoms with E-state index in [1.807, 2.05) is 11.3 Å². The Hall–Kier alpha value is -2.97. The van der Waals surface area contributed by atoms with Crippen molar-refractivity contribution in [3.63, 3.8) is 0 Å². The third-order valence-corrected chi connectivity index (χ3v) is 5.59. The topological polar surface area (TPSA) is 3.01 Å². The summed E-state index contributed by atoms with van der Waals surface area (Å²) >= 11 is 1.81. The highest BCUT2D eigenvalue weighted by atomic mass is 32.1. The quantitative estimate of drug-likeness (QED) is 0.408. The molecule has 0 atom stereocenters. The highest BCUT2D eigenvalue weighted by Crippen LogP contribution is 2.27. The molecule has 4 aromatic rings. The van der Waals surface area contributed by atoms with Crippen molar-refractivity contribution in [2.24, 2.45) is 0 Å². The summed E-state index contributed by atoms with van der Waals surface area (Å²) < 4.78 is 3.47. The fourth-order valence-electron chi connectivity index (χ4n) is 2.97. The van der Waals surface area contributed by atoms with Crippen LogP contribution in [-0.2, 0) is 0 Å². The summed E-state index contributed by atoms with van der Waals surface area (Å²) in [5, 5.41) is 0. The second-order valence-electron chi connectivity index (χ2n) is 6.18. The largest absolute Gasteiger partial charge is 0.262 e. The van der Waals surface area contributed by atoms with Gasteiger partial charge in [0, 0.05) is 23.1 Å². The van der Waals surface area contributed by atoms with Gasteiger partial charge in [-0.2, -0.15) is 4.58 Å². The van der Waals surface area contributed by atoms with Gasteiger partial charge in [0.05, 0.1) is 0 Å². The molecule has 126 valence electrons. The van der Waals surface area contributed by atoms with Gasteiger partial charge in [0.25, 0.3) is 4.67 Å². The summed E-state index contributed by atoms with van der Waals surface area (Å²) in [6.45, 7) is 0. The zero-order chi connectivity index (χ0) is 17.8. The van der Waals surface area contributed by atoms with Gasteiger partial charge < -0.3 is 0 Å². The van der Waals surface area contributed by atoms with E-state index < -0.39 is 0 Å². The molecule has 0 N–H and O–H groups in total. The molecule has 3 aromatic carbocycles. The monoisotopic (exact) mass is 354 g/mol. The van der Waals surface area contributed by atoms with Crippen molar-refractivity contribution in [3.8, 4) is 21.6 Å². The van der Waals surface area contributed by atoms with E-state index in [2.05, 4.69) is 115 Å². The molecule has 0 aliphatic heterocycles. The Labute approximate surface area is 158 Å². The highest BCUT2D eigenvalue weighted by molar-refractivity contribution is 7.12. The molecule has 1 aromatic heterocycles. The molecule has 0 aliphatic carbocycles. The molecule has 0 amide bonds. The van der Waals surface area contributed by atoms with Crippen LogP contribution >= 0.6 is 11.3 Å². The van der Waals surface area contributed by atoms with Crippen molar-refractivity contribution >= 4 is 17.0 Å². The first-order valence-corrected chi connectivity index (χ1v) is 9.51. The summed E-state index contributed by atoms with van der Waals surface area (Å²) in [7, 11) is 2.13. The fourth-order valence-corrected chi connectivity index (χ4v) is 4.07. The molecule has 0 fully saturated rings. The number of rotatable bonds is 3. The van der Waals surface area contributed by atoms with Crippen LogP contribution in [0.15, 0.2) is 103 Å². The molecular weight excluding hydrogens is 334 g/mol. The highest BCUT2D eigenvalue weighted by Gasteiger charge is 2.10. The predicted molar refractivity (Wildman–Crippen MR) is 112 cm³/mol. The molecule has 0 saturated heterocycles. The summed E-state index contributed by atoms with van der Waals surface area (Å²) in [5.74, 6) is 0. The van der Waals surface area contributed by atoms with Gasteiger partial charge in [-0.05, 0) is 22.8 Å². The van der Waals surface area contributed by atoms with Gasteiger partial charge in [-0.1, -0.05) is 90.2 Å². The van der Waals surface area contributed by atoms with Crippen molar-refractivity contribution in [1.29, 1.82) is 0 Å². The minimum Gasteiger partial charge on any atom is -0.186 e.